The Morgan fingerprint density at radius 1 is 1.03 bits per heavy atom. The van der Waals surface area contributed by atoms with Crippen molar-refractivity contribution in [1.82, 2.24) is 20.0 Å². The van der Waals surface area contributed by atoms with Crippen LogP contribution in [-0.2, 0) is 17.6 Å². The first-order chi connectivity index (χ1) is 15.3. The van der Waals surface area contributed by atoms with Crippen LogP contribution < -0.4 is 5.32 Å². The molecule has 0 bridgehead atoms. The van der Waals surface area contributed by atoms with E-state index in [-0.39, 0.29) is 5.91 Å². The van der Waals surface area contributed by atoms with Crippen LogP contribution in [0.15, 0.2) is 45.3 Å². The van der Waals surface area contributed by atoms with E-state index in [1.807, 2.05) is 17.0 Å². The maximum atomic E-state index is 12.5. The Labute approximate surface area is 188 Å². The molecule has 168 valence electrons. The predicted molar refractivity (Wildman–Crippen MR) is 125 cm³/mol. The number of aliphatic imine (C=N–C) groups is 1. The van der Waals surface area contributed by atoms with Crippen molar-refractivity contribution >= 4 is 23.2 Å². The second kappa shape index (κ2) is 11.3. The van der Waals surface area contributed by atoms with Crippen LogP contribution in [0, 0.1) is 0 Å². The van der Waals surface area contributed by atoms with Gasteiger partial charge in [-0.3, -0.25) is 14.7 Å². The van der Waals surface area contributed by atoms with Crippen molar-refractivity contribution in [3.05, 3.63) is 46.5 Å². The molecule has 0 unspecified atom stereocenters. The molecule has 1 amide bonds. The number of piperazine rings is 1. The van der Waals surface area contributed by atoms with Gasteiger partial charge in [-0.05, 0) is 36.4 Å². The number of guanidine groups is 1. The van der Waals surface area contributed by atoms with Gasteiger partial charge in [0, 0.05) is 70.1 Å². The van der Waals surface area contributed by atoms with Gasteiger partial charge in [0.15, 0.2) is 5.96 Å². The highest BCUT2D eigenvalue weighted by Crippen LogP contribution is 2.11. The standard InChI is InChI=1S/C23H33N5O2S/c29-22(27-11-1-2-12-27)19-26-13-15-28(16-14-26)23(24-9-7-20-5-3-17-30-20)25-10-8-21-6-4-18-31-21/h3-6,17-18H,1-2,7-16,19H2,(H,24,25). The van der Waals surface area contributed by atoms with E-state index in [0.717, 1.165) is 89.8 Å². The SMILES string of the molecule is O=C(CN1CCN(C(=NCCc2cccs2)NCCc2ccco2)CC1)N1CCCC1. The van der Waals surface area contributed by atoms with Crippen molar-refractivity contribution < 1.29 is 9.21 Å². The highest BCUT2D eigenvalue weighted by molar-refractivity contribution is 7.09. The lowest BCUT2D eigenvalue weighted by Gasteiger charge is -2.36. The van der Waals surface area contributed by atoms with Crippen LogP contribution in [0.25, 0.3) is 0 Å². The van der Waals surface area contributed by atoms with Crippen molar-refractivity contribution in [2.45, 2.75) is 25.7 Å². The number of nitrogens with one attached hydrogen (secondary N) is 1. The largest absolute Gasteiger partial charge is 0.469 e. The van der Waals surface area contributed by atoms with Crippen molar-refractivity contribution in [2.24, 2.45) is 4.99 Å². The number of thiophene rings is 1. The van der Waals surface area contributed by atoms with Gasteiger partial charge in [-0.25, -0.2) is 0 Å². The number of hydrogen-bond donors (Lipinski definition) is 1. The fraction of sp³-hybridized carbons (Fsp3) is 0.565. The molecule has 0 atom stereocenters. The monoisotopic (exact) mass is 443 g/mol. The minimum Gasteiger partial charge on any atom is -0.469 e. The summed E-state index contributed by atoms with van der Waals surface area (Å²) in [7, 11) is 0. The summed E-state index contributed by atoms with van der Waals surface area (Å²) in [4.78, 5) is 25.4. The predicted octanol–water partition coefficient (Wildman–Crippen LogP) is 2.31. The first kappa shape index (κ1) is 21.9. The number of nitrogens with zero attached hydrogens (tertiary/aromatic N) is 4. The number of likely N-dealkylation sites (tertiary alicyclic amines) is 1. The summed E-state index contributed by atoms with van der Waals surface area (Å²) < 4.78 is 5.45. The Bertz CT molecular complexity index is 807. The maximum absolute atomic E-state index is 12.5. The van der Waals surface area contributed by atoms with E-state index < -0.39 is 0 Å². The Morgan fingerprint density at radius 3 is 2.58 bits per heavy atom. The van der Waals surface area contributed by atoms with Crippen LogP contribution in [-0.4, -0.2) is 85.5 Å². The molecule has 4 heterocycles. The number of carbonyl (C=O) groups is 1. The molecule has 2 saturated heterocycles. The average molecular weight is 444 g/mol. The number of furan rings is 1. The number of amides is 1. The van der Waals surface area contributed by atoms with E-state index >= 15 is 0 Å². The van der Waals surface area contributed by atoms with E-state index in [9.17, 15) is 4.79 Å². The van der Waals surface area contributed by atoms with Crippen LogP contribution in [0.5, 0.6) is 0 Å². The molecule has 4 rings (SSSR count). The lowest BCUT2D eigenvalue weighted by Crippen LogP contribution is -2.54. The quantitative estimate of drug-likeness (QED) is 0.501. The summed E-state index contributed by atoms with van der Waals surface area (Å²) in [5, 5.41) is 5.65. The summed E-state index contributed by atoms with van der Waals surface area (Å²) in [6.07, 6.45) is 5.81. The Kier molecular flexibility index (Phi) is 8.01. The van der Waals surface area contributed by atoms with Crippen LogP contribution in [0.4, 0.5) is 0 Å². The molecule has 31 heavy (non-hydrogen) atoms. The molecular formula is C23H33N5O2S. The van der Waals surface area contributed by atoms with Gasteiger partial charge in [-0.2, -0.15) is 0 Å². The first-order valence-corrected chi connectivity index (χ1v) is 12.2. The summed E-state index contributed by atoms with van der Waals surface area (Å²) >= 11 is 1.78. The lowest BCUT2D eigenvalue weighted by molar-refractivity contribution is -0.131. The minimum atomic E-state index is 0.285. The van der Waals surface area contributed by atoms with E-state index in [1.54, 1.807) is 17.6 Å². The third kappa shape index (κ3) is 6.58. The van der Waals surface area contributed by atoms with Gasteiger partial charge in [0.25, 0.3) is 0 Å². The molecule has 0 spiro atoms. The normalized spacial score (nSPS) is 18.0. The molecule has 2 fully saturated rings. The topological polar surface area (TPSA) is 64.3 Å². The van der Waals surface area contributed by atoms with E-state index in [2.05, 4.69) is 32.6 Å². The molecule has 0 aliphatic carbocycles. The number of rotatable bonds is 8. The van der Waals surface area contributed by atoms with Crippen molar-refractivity contribution in [2.75, 3.05) is 58.9 Å². The molecule has 2 aromatic heterocycles. The van der Waals surface area contributed by atoms with E-state index in [0.29, 0.717) is 6.54 Å². The van der Waals surface area contributed by atoms with Crippen LogP contribution in [0.3, 0.4) is 0 Å². The van der Waals surface area contributed by atoms with Crippen molar-refractivity contribution in [1.29, 1.82) is 0 Å². The molecule has 7 nitrogen and oxygen atoms in total. The van der Waals surface area contributed by atoms with Gasteiger partial charge in [0.2, 0.25) is 5.91 Å². The fourth-order valence-corrected chi connectivity index (χ4v) is 4.82. The van der Waals surface area contributed by atoms with Crippen LogP contribution in [0.1, 0.15) is 23.5 Å². The van der Waals surface area contributed by atoms with E-state index in [4.69, 9.17) is 9.41 Å². The summed E-state index contributed by atoms with van der Waals surface area (Å²) in [6.45, 7) is 7.53. The third-order valence-electron chi connectivity index (χ3n) is 5.92. The Balaban J connectivity index is 1.28. The molecule has 2 aliphatic rings. The number of hydrogen-bond acceptors (Lipinski definition) is 5. The molecule has 1 N–H and O–H groups in total. The fourth-order valence-electron chi connectivity index (χ4n) is 4.12. The second-order valence-electron chi connectivity index (χ2n) is 8.14. The molecule has 2 aliphatic heterocycles. The highest BCUT2D eigenvalue weighted by atomic mass is 32.1. The zero-order valence-corrected chi connectivity index (χ0v) is 19.0. The molecular weight excluding hydrogens is 410 g/mol. The van der Waals surface area contributed by atoms with Gasteiger partial charge in [0.05, 0.1) is 12.8 Å². The maximum Gasteiger partial charge on any atom is 0.236 e. The number of carbonyl (C=O) groups excluding carboxylic acids is 1. The van der Waals surface area contributed by atoms with Crippen LogP contribution >= 0.6 is 11.3 Å². The Morgan fingerprint density at radius 2 is 1.87 bits per heavy atom. The minimum absolute atomic E-state index is 0.285. The molecule has 2 aromatic rings. The van der Waals surface area contributed by atoms with Gasteiger partial charge in [-0.1, -0.05) is 6.07 Å². The van der Waals surface area contributed by atoms with Gasteiger partial charge in [0.1, 0.15) is 5.76 Å². The van der Waals surface area contributed by atoms with Crippen molar-refractivity contribution in [3.63, 3.8) is 0 Å². The molecule has 0 radical (unpaired) electrons. The van der Waals surface area contributed by atoms with Gasteiger partial charge < -0.3 is 19.5 Å². The first-order valence-electron chi connectivity index (χ1n) is 11.4. The van der Waals surface area contributed by atoms with Gasteiger partial charge >= 0.3 is 0 Å². The highest BCUT2D eigenvalue weighted by Gasteiger charge is 2.24. The zero-order chi connectivity index (χ0) is 21.3. The molecule has 0 aromatic carbocycles. The zero-order valence-electron chi connectivity index (χ0n) is 18.2. The van der Waals surface area contributed by atoms with Crippen molar-refractivity contribution in [3.8, 4) is 0 Å². The van der Waals surface area contributed by atoms with E-state index in [1.165, 1.54) is 4.88 Å². The summed E-state index contributed by atoms with van der Waals surface area (Å²) in [6, 6.07) is 8.19. The lowest BCUT2D eigenvalue weighted by atomic mass is 10.3. The van der Waals surface area contributed by atoms with Crippen LogP contribution in [0.2, 0.25) is 0 Å². The smallest absolute Gasteiger partial charge is 0.236 e. The summed E-state index contributed by atoms with van der Waals surface area (Å²) in [5.41, 5.74) is 0. The molecule has 8 heteroatoms. The second-order valence-corrected chi connectivity index (χ2v) is 9.17. The third-order valence-corrected chi connectivity index (χ3v) is 6.86. The van der Waals surface area contributed by atoms with Gasteiger partial charge in [-0.15, -0.1) is 11.3 Å². The molecule has 0 saturated carbocycles. The summed E-state index contributed by atoms with van der Waals surface area (Å²) in [5.74, 6) is 2.23. The average Bonchev–Trinajstić information content (AvgIpc) is 3.57. The Hall–Kier alpha value is -2.32.